The van der Waals surface area contributed by atoms with E-state index in [0.29, 0.717) is 24.6 Å². The van der Waals surface area contributed by atoms with Gasteiger partial charge >= 0.3 is 0 Å². The number of amides is 1. The maximum Gasteiger partial charge on any atom is 0.253 e. The fourth-order valence-corrected chi connectivity index (χ4v) is 5.18. The van der Waals surface area contributed by atoms with Crippen molar-refractivity contribution in [3.05, 3.63) is 35.4 Å². The monoisotopic (exact) mass is 379 g/mol. The summed E-state index contributed by atoms with van der Waals surface area (Å²) < 4.78 is 26.8. The van der Waals surface area contributed by atoms with Crippen LogP contribution < -0.4 is 0 Å². The zero-order valence-electron chi connectivity index (χ0n) is 15.7. The van der Waals surface area contributed by atoms with Crippen molar-refractivity contribution in [1.82, 2.24) is 14.1 Å². The zero-order valence-corrected chi connectivity index (χ0v) is 16.5. The highest BCUT2D eigenvalue weighted by Gasteiger charge is 2.26. The van der Waals surface area contributed by atoms with Gasteiger partial charge in [0.05, 0.1) is 5.75 Å². The first kappa shape index (κ1) is 19.3. The molecule has 0 radical (unpaired) electrons. The van der Waals surface area contributed by atoms with Crippen LogP contribution in [0.2, 0.25) is 0 Å². The van der Waals surface area contributed by atoms with Crippen molar-refractivity contribution in [2.45, 2.75) is 25.5 Å². The van der Waals surface area contributed by atoms with Crippen LogP contribution in [0, 0.1) is 5.92 Å². The van der Waals surface area contributed by atoms with Gasteiger partial charge in [-0.05, 0) is 43.5 Å². The number of piperazine rings is 1. The Morgan fingerprint density at radius 2 is 1.73 bits per heavy atom. The van der Waals surface area contributed by atoms with E-state index >= 15 is 0 Å². The number of carbonyl (C=O) groups is 1. The average molecular weight is 380 g/mol. The molecule has 26 heavy (non-hydrogen) atoms. The summed E-state index contributed by atoms with van der Waals surface area (Å²) in [4.78, 5) is 16.7. The normalized spacial score (nSPS) is 23.2. The Kier molecular flexibility index (Phi) is 5.99. The lowest BCUT2D eigenvalue weighted by atomic mass is 9.99. The highest BCUT2D eigenvalue weighted by molar-refractivity contribution is 7.88. The van der Waals surface area contributed by atoms with E-state index in [4.69, 9.17) is 0 Å². The van der Waals surface area contributed by atoms with Crippen LogP contribution in [0.1, 0.15) is 35.7 Å². The molecule has 0 bridgehead atoms. The van der Waals surface area contributed by atoms with Crippen molar-refractivity contribution < 1.29 is 13.2 Å². The van der Waals surface area contributed by atoms with E-state index in [-0.39, 0.29) is 11.7 Å². The molecule has 0 N–H and O–H groups in total. The molecule has 0 unspecified atom stereocenters. The molecule has 0 saturated carbocycles. The van der Waals surface area contributed by atoms with Crippen LogP contribution in [-0.4, -0.2) is 74.7 Å². The predicted octanol–water partition coefficient (Wildman–Crippen LogP) is 1.64. The Morgan fingerprint density at radius 3 is 2.35 bits per heavy atom. The molecule has 3 rings (SSSR count). The van der Waals surface area contributed by atoms with Gasteiger partial charge in [-0.25, -0.2) is 8.42 Å². The van der Waals surface area contributed by atoms with Crippen LogP contribution in [0.3, 0.4) is 0 Å². The number of carbonyl (C=O) groups excluding carboxylic acids is 1. The highest BCUT2D eigenvalue weighted by atomic mass is 32.2. The van der Waals surface area contributed by atoms with Crippen molar-refractivity contribution in [3.8, 4) is 0 Å². The molecule has 0 aromatic heterocycles. The van der Waals surface area contributed by atoms with Crippen LogP contribution in [0.25, 0.3) is 0 Å². The van der Waals surface area contributed by atoms with Gasteiger partial charge in [0.1, 0.15) is 0 Å². The zero-order chi connectivity index (χ0) is 18.7. The first-order valence-corrected chi connectivity index (χ1v) is 11.0. The predicted molar refractivity (Wildman–Crippen MR) is 102 cm³/mol. The van der Waals surface area contributed by atoms with Crippen molar-refractivity contribution in [2.75, 3.05) is 46.3 Å². The van der Waals surface area contributed by atoms with Crippen molar-refractivity contribution in [3.63, 3.8) is 0 Å². The van der Waals surface area contributed by atoms with Crippen LogP contribution in [0.15, 0.2) is 24.3 Å². The molecule has 2 fully saturated rings. The minimum atomic E-state index is -3.31. The smallest absolute Gasteiger partial charge is 0.253 e. The second kappa shape index (κ2) is 8.06. The van der Waals surface area contributed by atoms with Crippen LogP contribution in [0.5, 0.6) is 0 Å². The number of hydrogen-bond donors (Lipinski definition) is 0. The Balaban J connectivity index is 1.63. The third-order valence-corrected chi connectivity index (χ3v) is 7.20. The summed E-state index contributed by atoms with van der Waals surface area (Å²) in [5.74, 6) is 0.581. The molecule has 2 heterocycles. The second-order valence-electron chi connectivity index (χ2n) is 7.65. The number of benzene rings is 1. The summed E-state index contributed by atoms with van der Waals surface area (Å²) in [5, 5.41) is 0. The third-order valence-electron chi connectivity index (χ3n) is 5.35. The van der Waals surface area contributed by atoms with E-state index in [1.807, 2.05) is 11.9 Å². The molecule has 1 amide bonds. The summed E-state index contributed by atoms with van der Waals surface area (Å²) in [6, 6.07) is 7.06. The SMILES string of the molecule is C[C@@H]1CCCN(C(=O)c2ccc(CS(=O)(=O)N3CCN(C)CC3)cc2)C1. The van der Waals surface area contributed by atoms with E-state index in [2.05, 4.69) is 11.8 Å². The fraction of sp³-hybridized carbons (Fsp3) is 0.632. The van der Waals surface area contributed by atoms with Gasteiger partial charge in [-0.1, -0.05) is 19.1 Å². The highest BCUT2D eigenvalue weighted by Crippen LogP contribution is 2.19. The van der Waals surface area contributed by atoms with Gasteiger partial charge in [0.25, 0.3) is 5.91 Å². The molecule has 7 heteroatoms. The minimum absolute atomic E-state index is 0.00800. The van der Waals surface area contributed by atoms with Gasteiger partial charge < -0.3 is 9.80 Å². The molecule has 1 atom stereocenters. The Hall–Kier alpha value is -1.44. The summed E-state index contributed by atoms with van der Waals surface area (Å²) in [6.45, 7) is 6.40. The third kappa shape index (κ3) is 4.64. The van der Waals surface area contributed by atoms with Crippen molar-refractivity contribution >= 4 is 15.9 Å². The Bertz CT molecular complexity index is 725. The molecule has 0 aliphatic carbocycles. The number of rotatable bonds is 4. The second-order valence-corrected chi connectivity index (χ2v) is 9.62. The molecule has 1 aromatic carbocycles. The summed E-state index contributed by atoms with van der Waals surface area (Å²) in [7, 11) is -1.31. The van der Waals surface area contributed by atoms with E-state index in [1.54, 1.807) is 28.6 Å². The molecule has 0 spiro atoms. The van der Waals surface area contributed by atoms with Crippen LogP contribution >= 0.6 is 0 Å². The van der Waals surface area contributed by atoms with Gasteiger partial charge in [0.15, 0.2) is 0 Å². The maximum absolute atomic E-state index is 12.6. The van der Waals surface area contributed by atoms with Gasteiger partial charge in [0.2, 0.25) is 10.0 Å². The molecule has 6 nitrogen and oxygen atoms in total. The Morgan fingerprint density at radius 1 is 1.08 bits per heavy atom. The van der Waals surface area contributed by atoms with Gasteiger partial charge in [-0.3, -0.25) is 4.79 Å². The lowest BCUT2D eigenvalue weighted by Gasteiger charge is -2.31. The van der Waals surface area contributed by atoms with E-state index in [1.165, 1.54) is 6.42 Å². The molecule has 2 aliphatic heterocycles. The number of likely N-dealkylation sites (N-methyl/N-ethyl adjacent to an activating group) is 1. The Labute approximate surface area is 156 Å². The lowest BCUT2D eigenvalue weighted by Crippen LogP contribution is -2.47. The quantitative estimate of drug-likeness (QED) is 0.798. The van der Waals surface area contributed by atoms with Crippen LogP contribution in [-0.2, 0) is 15.8 Å². The molecule has 2 aliphatic rings. The first-order valence-electron chi connectivity index (χ1n) is 9.40. The van der Waals surface area contributed by atoms with Gasteiger partial charge in [0, 0.05) is 44.8 Å². The molecule has 2 saturated heterocycles. The van der Waals surface area contributed by atoms with Gasteiger partial charge in [-0.2, -0.15) is 4.31 Å². The number of piperidine rings is 1. The van der Waals surface area contributed by atoms with Crippen molar-refractivity contribution in [2.24, 2.45) is 5.92 Å². The first-order chi connectivity index (χ1) is 12.3. The standard InChI is InChI=1S/C19H29N3O3S/c1-16-4-3-9-21(14-16)19(23)18-7-5-17(6-8-18)15-26(24,25)22-12-10-20(2)11-13-22/h5-8,16H,3-4,9-15H2,1-2H3/t16-/m1/s1. The average Bonchev–Trinajstić information content (AvgIpc) is 2.62. The number of hydrogen-bond acceptors (Lipinski definition) is 4. The lowest BCUT2D eigenvalue weighted by molar-refractivity contribution is 0.0683. The summed E-state index contributed by atoms with van der Waals surface area (Å²) >= 11 is 0. The van der Waals surface area contributed by atoms with E-state index < -0.39 is 10.0 Å². The van der Waals surface area contributed by atoms with E-state index in [0.717, 1.165) is 38.2 Å². The topological polar surface area (TPSA) is 60.9 Å². The molecule has 1 aromatic rings. The maximum atomic E-state index is 12.6. The molecular weight excluding hydrogens is 350 g/mol. The van der Waals surface area contributed by atoms with Gasteiger partial charge in [-0.15, -0.1) is 0 Å². The van der Waals surface area contributed by atoms with Crippen molar-refractivity contribution in [1.29, 1.82) is 0 Å². The fourth-order valence-electron chi connectivity index (χ4n) is 3.67. The molecule has 144 valence electrons. The minimum Gasteiger partial charge on any atom is -0.338 e. The number of sulfonamides is 1. The largest absolute Gasteiger partial charge is 0.338 e. The number of nitrogens with zero attached hydrogens (tertiary/aromatic N) is 3. The number of likely N-dealkylation sites (tertiary alicyclic amines) is 1. The van der Waals surface area contributed by atoms with Crippen LogP contribution in [0.4, 0.5) is 0 Å². The van der Waals surface area contributed by atoms with E-state index in [9.17, 15) is 13.2 Å². The summed E-state index contributed by atoms with van der Waals surface area (Å²) in [6.07, 6.45) is 2.22. The molecular formula is C19H29N3O3S. The summed E-state index contributed by atoms with van der Waals surface area (Å²) in [5.41, 5.74) is 1.37.